The van der Waals surface area contributed by atoms with Gasteiger partial charge in [0.15, 0.2) is 0 Å². The lowest BCUT2D eigenvalue weighted by molar-refractivity contribution is -0.121. The van der Waals surface area contributed by atoms with E-state index in [9.17, 15) is 4.79 Å². The number of hydrogen-bond acceptors (Lipinski definition) is 3. The molecule has 1 amide bonds. The first-order valence-corrected chi connectivity index (χ1v) is 9.44. The number of ether oxygens (including phenoxy) is 1. The minimum Gasteiger partial charge on any atom is -0.491 e. The third-order valence-electron chi connectivity index (χ3n) is 4.68. The first-order chi connectivity index (χ1) is 12.6. The predicted octanol–water partition coefficient (Wildman–Crippen LogP) is 4.32. The number of carbonyl (C=O) groups is 1. The van der Waals surface area contributed by atoms with Crippen LogP contribution in [0.15, 0.2) is 54.6 Å². The summed E-state index contributed by atoms with van der Waals surface area (Å²) in [6.45, 7) is 6.87. The van der Waals surface area contributed by atoms with Crippen LogP contribution in [0.2, 0.25) is 0 Å². The molecule has 1 aliphatic rings. The fraction of sp³-hybridized carbons (Fsp3) is 0.409. The molecule has 0 spiro atoms. The second kappa shape index (κ2) is 8.86. The Morgan fingerprint density at radius 3 is 2.54 bits per heavy atom. The highest BCUT2D eigenvalue weighted by atomic mass is 16.5. The maximum atomic E-state index is 12.6. The number of hydrogen-bond donors (Lipinski definition) is 1. The van der Waals surface area contributed by atoms with Gasteiger partial charge >= 0.3 is 0 Å². The van der Waals surface area contributed by atoms with E-state index in [0.29, 0.717) is 0 Å². The Morgan fingerprint density at radius 1 is 1.12 bits per heavy atom. The fourth-order valence-corrected chi connectivity index (χ4v) is 3.36. The smallest absolute Gasteiger partial charge is 0.227 e. The van der Waals surface area contributed by atoms with Crippen LogP contribution >= 0.6 is 0 Å². The summed E-state index contributed by atoms with van der Waals surface area (Å²) in [5.41, 5.74) is 2.14. The average molecular weight is 352 g/mol. The van der Waals surface area contributed by atoms with Crippen molar-refractivity contribution in [2.24, 2.45) is 5.92 Å². The summed E-state index contributed by atoms with van der Waals surface area (Å²) in [6.07, 6.45) is 1.93. The van der Waals surface area contributed by atoms with Gasteiger partial charge in [0, 0.05) is 24.2 Å². The third-order valence-corrected chi connectivity index (χ3v) is 4.68. The summed E-state index contributed by atoms with van der Waals surface area (Å²) < 4.78 is 5.69. The van der Waals surface area contributed by atoms with Crippen LogP contribution in [0.4, 0.5) is 5.69 Å². The van der Waals surface area contributed by atoms with Crippen molar-refractivity contribution in [1.29, 1.82) is 0 Å². The van der Waals surface area contributed by atoms with Crippen molar-refractivity contribution in [2.45, 2.75) is 39.3 Å². The predicted molar refractivity (Wildman–Crippen MR) is 105 cm³/mol. The molecule has 1 saturated heterocycles. The Kier molecular flexibility index (Phi) is 6.29. The van der Waals surface area contributed by atoms with Gasteiger partial charge in [-0.05, 0) is 57.5 Å². The molecule has 2 aromatic rings. The van der Waals surface area contributed by atoms with Gasteiger partial charge in [-0.2, -0.15) is 0 Å². The average Bonchev–Trinajstić information content (AvgIpc) is 2.63. The number of amides is 1. The fourth-order valence-electron chi connectivity index (χ4n) is 3.36. The van der Waals surface area contributed by atoms with Crippen molar-refractivity contribution < 1.29 is 9.53 Å². The van der Waals surface area contributed by atoms with Gasteiger partial charge in [0.1, 0.15) is 5.75 Å². The number of benzene rings is 2. The van der Waals surface area contributed by atoms with Crippen LogP contribution in [0, 0.1) is 5.92 Å². The first-order valence-electron chi connectivity index (χ1n) is 9.44. The summed E-state index contributed by atoms with van der Waals surface area (Å²) in [4.78, 5) is 15.0. The maximum Gasteiger partial charge on any atom is 0.227 e. The summed E-state index contributed by atoms with van der Waals surface area (Å²) in [5, 5.41) is 3.05. The maximum absolute atomic E-state index is 12.6. The van der Waals surface area contributed by atoms with E-state index < -0.39 is 0 Å². The molecule has 4 nitrogen and oxygen atoms in total. The van der Waals surface area contributed by atoms with Gasteiger partial charge in [-0.3, -0.25) is 9.69 Å². The Morgan fingerprint density at radius 2 is 1.85 bits per heavy atom. The molecule has 3 rings (SSSR count). The third kappa shape index (κ3) is 5.33. The van der Waals surface area contributed by atoms with Crippen molar-refractivity contribution in [3.05, 3.63) is 60.2 Å². The van der Waals surface area contributed by atoms with Crippen LogP contribution in [0.3, 0.4) is 0 Å². The zero-order chi connectivity index (χ0) is 18.4. The Balaban J connectivity index is 1.49. The van der Waals surface area contributed by atoms with E-state index >= 15 is 0 Å². The topological polar surface area (TPSA) is 41.6 Å². The molecule has 0 aliphatic carbocycles. The minimum absolute atomic E-state index is 0.0803. The molecule has 0 aromatic heterocycles. The van der Waals surface area contributed by atoms with E-state index in [1.54, 1.807) is 0 Å². The van der Waals surface area contributed by atoms with E-state index in [0.717, 1.165) is 43.9 Å². The molecule has 2 aromatic carbocycles. The normalized spacial score (nSPS) is 15.8. The molecular weight excluding hydrogens is 324 g/mol. The summed E-state index contributed by atoms with van der Waals surface area (Å²) in [5.74, 6) is 0.984. The van der Waals surface area contributed by atoms with Crippen molar-refractivity contribution in [3.63, 3.8) is 0 Å². The molecule has 0 radical (unpaired) electrons. The lowest BCUT2D eigenvalue weighted by atomic mass is 9.95. The number of nitrogens with one attached hydrogen (secondary N) is 1. The summed E-state index contributed by atoms with van der Waals surface area (Å²) in [7, 11) is 0. The Hall–Kier alpha value is -2.33. The quantitative estimate of drug-likeness (QED) is 0.841. The molecule has 1 heterocycles. The molecule has 0 atom stereocenters. The minimum atomic E-state index is 0.0803. The second-order valence-electron chi connectivity index (χ2n) is 7.22. The number of carbonyl (C=O) groups excluding carboxylic acids is 1. The number of anilines is 1. The van der Waals surface area contributed by atoms with Gasteiger partial charge in [-0.15, -0.1) is 0 Å². The van der Waals surface area contributed by atoms with Gasteiger partial charge in [0.25, 0.3) is 0 Å². The number of nitrogens with zero attached hydrogens (tertiary/aromatic N) is 1. The van der Waals surface area contributed by atoms with Crippen molar-refractivity contribution >= 4 is 11.6 Å². The molecule has 1 fully saturated rings. The van der Waals surface area contributed by atoms with Gasteiger partial charge in [-0.1, -0.05) is 36.4 Å². The number of piperidine rings is 1. The SMILES string of the molecule is CC(C)Oc1cccc(NC(=O)C2CCN(Cc3ccccc3)CC2)c1. The molecule has 0 unspecified atom stereocenters. The zero-order valence-electron chi connectivity index (χ0n) is 15.7. The van der Waals surface area contributed by atoms with Crippen LogP contribution < -0.4 is 10.1 Å². The monoisotopic (exact) mass is 352 g/mol. The summed E-state index contributed by atoms with van der Waals surface area (Å²) >= 11 is 0. The lowest BCUT2D eigenvalue weighted by Crippen LogP contribution is -2.37. The van der Waals surface area contributed by atoms with Crippen molar-refractivity contribution in [3.8, 4) is 5.75 Å². The van der Waals surface area contributed by atoms with Crippen LogP contribution in [0.5, 0.6) is 5.75 Å². The van der Waals surface area contributed by atoms with E-state index in [-0.39, 0.29) is 17.9 Å². The highest BCUT2D eigenvalue weighted by Gasteiger charge is 2.25. The Bertz CT molecular complexity index is 707. The summed E-state index contributed by atoms with van der Waals surface area (Å²) in [6, 6.07) is 18.1. The van der Waals surface area contributed by atoms with Gasteiger partial charge in [-0.25, -0.2) is 0 Å². The van der Waals surface area contributed by atoms with Crippen molar-refractivity contribution in [1.82, 2.24) is 4.90 Å². The molecular formula is C22H28N2O2. The zero-order valence-corrected chi connectivity index (χ0v) is 15.7. The van der Waals surface area contributed by atoms with Gasteiger partial charge < -0.3 is 10.1 Å². The molecule has 4 heteroatoms. The Labute approximate surface area is 156 Å². The van der Waals surface area contributed by atoms with Gasteiger partial charge in [0.2, 0.25) is 5.91 Å². The first kappa shape index (κ1) is 18.5. The molecule has 1 aliphatic heterocycles. The molecule has 26 heavy (non-hydrogen) atoms. The largest absolute Gasteiger partial charge is 0.491 e. The molecule has 0 bridgehead atoms. The highest BCUT2D eigenvalue weighted by Crippen LogP contribution is 2.23. The molecule has 138 valence electrons. The van der Waals surface area contributed by atoms with E-state index in [1.165, 1.54) is 5.56 Å². The van der Waals surface area contributed by atoms with Crippen LogP contribution in [0.1, 0.15) is 32.3 Å². The van der Waals surface area contributed by atoms with E-state index in [1.807, 2.05) is 44.2 Å². The molecule has 1 N–H and O–H groups in total. The van der Waals surface area contributed by atoms with E-state index in [4.69, 9.17) is 4.74 Å². The van der Waals surface area contributed by atoms with Gasteiger partial charge in [0.05, 0.1) is 6.10 Å². The number of rotatable bonds is 6. The van der Waals surface area contributed by atoms with E-state index in [2.05, 4.69) is 34.5 Å². The molecule has 0 saturated carbocycles. The number of likely N-dealkylation sites (tertiary alicyclic amines) is 1. The second-order valence-corrected chi connectivity index (χ2v) is 7.22. The highest BCUT2D eigenvalue weighted by molar-refractivity contribution is 5.92. The van der Waals surface area contributed by atoms with Crippen LogP contribution in [-0.4, -0.2) is 30.0 Å². The van der Waals surface area contributed by atoms with Crippen molar-refractivity contribution in [2.75, 3.05) is 18.4 Å². The van der Waals surface area contributed by atoms with Crippen LogP contribution in [0.25, 0.3) is 0 Å². The lowest BCUT2D eigenvalue weighted by Gasteiger charge is -2.31. The standard InChI is InChI=1S/C22H28N2O2/c1-17(2)26-21-10-6-9-20(15-21)23-22(25)19-11-13-24(14-12-19)16-18-7-4-3-5-8-18/h3-10,15,17,19H,11-14,16H2,1-2H3,(H,23,25). The van der Waals surface area contributed by atoms with Crippen LogP contribution in [-0.2, 0) is 11.3 Å².